The van der Waals surface area contributed by atoms with Gasteiger partial charge in [0.25, 0.3) is 0 Å². The number of ether oxygens (including phenoxy) is 1. The molecular formula is C27H23F3N2O6. The number of nitrogens with two attached hydrogens (primary N) is 1. The Morgan fingerprint density at radius 3 is 2.03 bits per heavy atom. The maximum absolute atomic E-state index is 13.0. The molecule has 4 N–H and O–H groups in total. The Kier molecular flexibility index (Phi) is 8.98. The van der Waals surface area contributed by atoms with E-state index in [2.05, 4.69) is 5.32 Å². The standard InChI is InChI=1S/C25H22N2O4.C2HF3O2/c26-20(15-16-7-2-1-3-8-16)25(30)31-14-13-27-21-12-6-11-19-22(21)24(29)18-10-5-4-9-17(18)23(19)28;3-2(4,5)1(6)7/h1-12,20,27H,13-15,26H2;(H,6,7)/t20-;/m0./s1. The molecule has 0 unspecified atom stereocenters. The molecule has 0 heterocycles. The van der Waals surface area contributed by atoms with E-state index < -0.39 is 24.2 Å². The van der Waals surface area contributed by atoms with Gasteiger partial charge in [0.1, 0.15) is 12.6 Å². The molecule has 11 heteroatoms. The summed E-state index contributed by atoms with van der Waals surface area (Å²) in [5.74, 6) is -3.62. The molecule has 0 spiro atoms. The van der Waals surface area contributed by atoms with Crippen molar-refractivity contribution in [2.75, 3.05) is 18.5 Å². The fourth-order valence-corrected chi connectivity index (χ4v) is 3.69. The number of carboxylic acid groups (broad SMARTS) is 1. The summed E-state index contributed by atoms with van der Waals surface area (Å²) in [6.45, 7) is 0.368. The minimum absolute atomic E-state index is 0.0870. The number of carbonyl (C=O) groups is 4. The largest absolute Gasteiger partial charge is 0.490 e. The van der Waals surface area contributed by atoms with Crippen molar-refractivity contribution < 1.29 is 42.2 Å². The number of hydrogen-bond acceptors (Lipinski definition) is 7. The number of benzene rings is 3. The van der Waals surface area contributed by atoms with Crippen molar-refractivity contribution in [2.24, 2.45) is 5.73 Å². The van der Waals surface area contributed by atoms with Gasteiger partial charge in [-0.2, -0.15) is 13.2 Å². The van der Waals surface area contributed by atoms with Crippen molar-refractivity contribution in [3.05, 3.63) is 101 Å². The van der Waals surface area contributed by atoms with E-state index in [0.717, 1.165) is 5.56 Å². The van der Waals surface area contributed by atoms with Crippen LogP contribution in [0.15, 0.2) is 72.8 Å². The summed E-state index contributed by atoms with van der Waals surface area (Å²) in [6.07, 6.45) is -4.69. The molecule has 0 bridgehead atoms. The fourth-order valence-electron chi connectivity index (χ4n) is 3.69. The van der Waals surface area contributed by atoms with E-state index in [1.807, 2.05) is 30.3 Å². The first-order chi connectivity index (χ1) is 18.0. The summed E-state index contributed by atoms with van der Waals surface area (Å²) in [5.41, 5.74) is 8.96. The zero-order valence-corrected chi connectivity index (χ0v) is 19.8. The number of halogens is 3. The third-order valence-electron chi connectivity index (χ3n) is 5.46. The average Bonchev–Trinajstić information content (AvgIpc) is 2.90. The first kappa shape index (κ1) is 28.1. The summed E-state index contributed by atoms with van der Waals surface area (Å²) in [5, 5.41) is 10.2. The summed E-state index contributed by atoms with van der Waals surface area (Å²) in [4.78, 5) is 46.8. The first-order valence-corrected chi connectivity index (χ1v) is 11.3. The molecule has 0 aromatic heterocycles. The number of carboxylic acids is 1. The van der Waals surface area contributed by atoms with Crippen LogP contribution in [0.5, 0.6) is 0 Å². The Morgan fingerprint density at radius 1 is 0.868 bits per heavy atom. The number of alkyl halides is 3. The summed E-state index contributed by atoms with van der Waals surface area (Å²) < 4.78 is 37.0. The number of aliphatic carboxylic acids is 1. The lowest BCUT2D eigenvalue weighted by Gasteiger charge is -2.20. The third kappa shape index (κ3) is 6.83. The van der Waals surface area contributed by atoms with Crippen LogP contribution in [0, 0.1) is 0 Å². The van der Waals surface area contributed by atoms with Crippen LogP contribution in [0.3, 0.4) is 0 Å². The third-order valence-corrected chi connectivity index (χ3v) is 5.46. The zero-order valence-electron chi connectivity index (χ0n) is 19.8. The maximum atomic E-state index is 13.0. The van der Waals surface area contributed by atoms with E-state index in [4.69, 9.17) is 20.4 Å². The summed E-state index contributed by atoms with van der Waals surface area (Å²) in [7, 11) is 0. The molecule has 0 amide bonds. The number of rotatable bonds is 7. The van der Waals surface area contributed by atoms with Crippen LogP contribution in [0.25, 0.3) is 0 Å². The minimum Gasteiger partial charge on any atom is -0.475 e. The zero-order chi connectivity index (χ0) is 27.9. The van der Waals surface area contributed by atoms with E-state index in [1.54, 1.807) is 42.5 Å². The molecule has 0 fully saturated rings. The van der Waals surface area contributed by atoms with Gasteiger partial charge < -0.3 is 20.9 Å². The number of fused-ring (bicyclic) bond motifs is 2. The van der Waals surface area contributed by atoms with Gasteiger partial charge in [-0.25, -0.2) is 4.79 Å². The summed E-state index contributed by atoms with van der Waals surface area (Å²) >= 11 is 0. The van der Waals surface area contributed by atoms with Crippen LogP contribution in [0.2, 0.25) is 0 Å². The molecule has 0 saturated heterocycles. The number of nitrogens with one attached hydrogen (secondary N) is 1. The highest BCUT2D eigenvalue weighted by Crippen LogP contribution is 2.31. The Hall–Kier alpha value is -4.51. The lowest BCUT2D eigenvalue weighted by Crippen LogP contribution is -2.35. The Balaban J connectivity index is 0.000000505. The SMILES string of the molecule is N[C@@H](Cc1ccccc1)C(=O)OCCNc1cccc2c1C(=O)c1ccccc1C2=O.O=C(O)C(F)(F)F. The van der Waals surface area contributed by atoms with Crippen molar-refractivity contribution in [1.82, 2.24) is 0 Å². The second kappa shape index (κ2) is 12.2. The van der Waals surface area contributed by atoms with Crippen molar-refractivity contribution in [1.29, 1.82) is 0 Å². The first-order valence-electron chi connectivity index (χ1n) is 11.3. The van der Waals surface area contributed by atoms with Gasteiger partial charge in [-0.1, -0.05) is 66.7 Å². The maximum Gasteiger partial charge on any atom is 0.490 e. The fraction of sp³-hybridized carbons (Fsp3) is 0.185. The van der Waals surface area contributed by atoms with E-state index in [1.165, 1.54) is 0 Å². The number of anilines is 1. The summed E-state index contributed by atoms with van der Waals surface area (Å²) in [6, 6.07) is 20.7. The average molecular weight is 528 g/mol. The second-order valence-corrected chi connectivity index (χ2v) is 8.13. The van der Waals surface area contributed by atoms with Crippen LogP contribution in [-0.4, -0.2) is 54.0 Å². The van der Waals surface area contributed by atoms with Crippen molar-refractivity contribution in [3.63, 3.8) is 0 Å². The van der Waals surface area contributed by atoms with Gasteiger partial charge in [0, 0.05) is 28.9 Å². The number of esters is 1. The molecule has 1 aliphatic carbocycles. The minimum atomic E-state index is -5.08. The Morgan fingerprint density at radius 2 is 1.42 bits per heavy atom. The van der Waals surface area contributed by atoms with Crippen molar-refractivity contribution >= 4 is 29.2 Å². The molecule has 0 aliphatic heterocycles. The molecule has 3 aromatic carbocycles. The topological polar surface area (TPSA) is 136 Å². The van der Waals surface area contributed by atoms with Gasteiger partial charge in [-0.05, 0) is 18.1 Å². The molecular weight excluding hydrogens is 505 g/mol. The Labute approximate surface area is 215 Å². The lowest BCUT2D eigenvalue weighted by molar-refractivity contribution is -0.192. The highest BCUT2D eigenvalue weighted by molar-refractivity contribution is 6.30. The molecule has 1 aliphatic rings. The number of ketones is 2. The highest BCUT2D eigenvalue weighted by Gasteiger charge is 2.38. The molecule has 0 radical (unpaired) electrons. The van der Waals surface area contributed by atoms with E-state index in [0.29, 0.717) is 34.4 Å². The van der Waals surface area contributed by atoms with Crippen molar-refractivity contribution in [3.8, 4) is 0 Å². The van der Waals surface area contributed by atoms with Gasteiger partial charge in [0.2, 0.25) is 0 Å². The van der Waals surface area contributed by atoms with Gasteiger partial charge >= 0.3 is 18.1 Å². The van der Waals surface area contributed by atoms with Gasteiger partial charge in [-0.15, -0.1) is 0 Å². The van der Waals surface area contributed by atoms with Crippen LogP contribution in [-0.2, 0) is 20.7 Å². The van der Waals surface area contributed by atoms with Gasteiger partial charge in [0.05, 0.1) is 5.56 Å². The van der Waals surface area contributed by atoms with E-state index >= 15 is 0 Å². The molecule has 1 atom stereocenters. The molecule has 0 saturated carbocycles. The predicted molar refractivity (Wildman–Crippen MR) is 131 cm³/mol. The monoisotopic (exact) mass is 528 g/mol. The number of hydrogen-bond donors (Lipinski definition) is 3. The molecule has 4 rings (SSSR count). The van der Waals surface area contributed by atoms with Crippen LogP contribution >= 0.6 is 0 Å². The smallest absolute Gasteiger partial charge is 0.475 e. The molecule has 3 aromatic rings. The van der Waals surface area contributed by atoms with Crippen LogP contribution in [0.4, 0.5) is 18.9 Å². The molecule has 8 nitrogen and oxygen atoms in total. The van der Waals surface area contributed by atoms with E-state index in [9.17, 15) is 27.6 Å². The van der Waals surface area contributed by atoms with Gasteiger partial charge in [-0.3, -0.25) is 14.4 Å². The van der Waals surface area contributed by atoms with Crippen molar-refractivity contribution in [2.45, 2.75) is 18.6 Å². The molecule has 198 valence electrons. The van der Waals surface area contributed by atoms with Crippen LogP contribution < -0.4 is 11.1 Å². The molecule has 38 heavy (non-hydrogen) atoms. The quantitative estimate of drug-likeness (QED) is 0.245. The van der Waals surface area contributed by atoms with Crippen LogP contribution in [0.1, 0.15) is 37.4 Å². The predicted octanol–water partition coefficient (Wildman–Crippen LogP) is 3.62. The van der Waals surface area contributed by atoms with E-state index in [-0.39, 0.29) is 24.7 Å². The second-order valence-electron chi connectivity index (χ2n) is 8.13. The highest BCUT2D eigenvalue weighted by atomic mass is 19.4. The normalized spacial score (nSPS) is 12.8. The number of carbonyl (C=O) groups excluding carboxylic acids is 3. The Bertz CT molecular complexity index is 1340. The van der Waals surface area contributed by atoms with Gasteiger partial charge in [0.15, 0.2) is 11.6 Å². The lowest BCUT2D eigenvalue weighted by atomic mass is 9.83.